The van der Waals surface area contributed by atoms with Crippen molar-refractivity contribution < 1.29 is 14.3 Å². The Morgan fingerprint density at radius 2 is 1.90 bits per heavy atom. The zero-order chi connectivity index (χ0) is 15.8. The number of hydrogen-bond acceptors (Lipinski definition) is 3. The maximum absolute atomic E-state index is 12.5. The monoisotopic (exact) mass is 355 g/mol. The molecule has 4 nitrogen and oxygen atoms in total. The van der Waals surface area contributed by atoms with Crippen LogP contribution >= 0.6 is 15.9 Å². The Balaban J connectivity index is 2.28. The molecule has 5 heteroatoms. The predicted octanol–water partition coefficient (Wildman–Crippen LogP) is 4.49. The molecule has 0 saturated carbocycles. The topological polar surface area (TPSA) is 38.8 Å². The lowest BCUT2D eigenvalue weighted by atomic mass is 10.1. The molecule has 1 amide bonds. The van der Waals surface area contributed by atoms with E-state index >= 15 is 0 Å². The average Bonchev–Trinajstić information content (AvgIpc) is 2.64. The molecule has 2 rings (SSSR count). The summed E-state index contributed by atoms with van der Waals surface area (Å²) >= 11 is 3.42. The van der Waals surface area contributed by atoms with E-state index in [9.17, 15) is 4.79 Å². The van der Waals surface area contributed by atoms with Gasteiger partial charge in [-0.05, 0) is 52.3 Å². The Morgan fingerprint density at radius 1 is 1.33 bits per heavy atom. The molecule has 0 radical (unpaired) electrons. The van der Waals surface area contributed by atoms with E-state index in [1.807, 2.05) is 58.9 Å². The zero-order valence-corrected chi connectivity index (χ0v) is 14.7. The lowest BCUT2D eigenvalue weighted by Crippen LogP contribution is -2.47. The van der Waals surface area contributed by atoms with E-state index in [2.05, 4.69) is 15.9 Å². The van der Waals surface area contributed by atoms with Gasteiger partial charge in [0, 0.05) is 4.47 Å². The Labute approximate surface area is 134 Å². The fraction of sp³-hybridized carbons (Fsp3) is 0.562. The Hall–Kier alpha value is -1.07. The van der Waals surface area contributed by atoms with Crippen LogP contribution in [0.3, 0.4) is 0 Å². The number of halogens is 1. The molecule has 1 saturated heterocycles. The third-order valence-corrected chi connectivity index (χ3v) is 3.86. The third-order valence-electron chi connectivity index (χ3n) is 3.33. The van der Waals surface area contributed by atoms with Crippen LogP contribution in [0.4, 0.5) is 4.79 Å². The van der Waals surface area contributed by atoms with Gasteiger partial charge in [-0.15, -0.1) is 0 Å². The largest absolute Gasteiger partial charge is 0.444 e. The van der Waals surface area contributed by atoms with E-state index in [4.69, 9.17) is 9.47 Å². The predicted molar refractivity (Wildman–Crippen MR) is 85.0 cm³/mol. The highest BCUT2D eigenvalue weighted by molar-refractivity contribution is 9.10. The minimum Gasteiger partial charge on any atom is -0.444 e. The third kappa shape index (κ3) is 3.77. The Morgan fingerprint density at radius 3 is 2.43 bits per heavy atom. The van der Waals surface area contributed by atoms with Crippen molar-refractivity contribution in [2.24, 2.45) is 0 Å². The summed E-state index contributed by atoms with van der Waals surface area (Å²) < 4.78 is 12.3. The van der Waals surface area contributed by atoms with Gasteiger partial charge in [0.05, 0.1) is 12.6 Å². The maximum atomic E-state index is 12.5. The number of amides is 1. The molecule has 1 fully saturated rings. The molecule has 0 N–H and O–H groups in total. The summed E-state index contributed by atoms with van der Waals surface area (Å²) in [5.74, 6) is 0. The van der Waals surface area contributed by atoms with E-state index < -0.39 is 11.3 Å². The molecule has 0 aromatic heterocycles. The minimum absolute atomic E-state index is 0.136. The van der Waals surface area contributed by atoms with Gasteiger partial charge in [-0.2, -0.15) is 0 Å². The van der Waals surface area contributed by atoms with Crippen LogP contribution in [0.15, 0.2) is 28.7 Å². The van der Waals surface area contributed by atoms with E-state index in [0.29, 0.717) is 6.61 Å². The number of ether oxygens (including phenoxy) is 2. The standard InChI is InChI=1S/C16H22BrNO3/c1-15(2,3)21-14(19)18-13(10-20-16(18,4)5)11-6-8-12(17)9-7-11/h6-9,13H,10H2,1-5H3/t13-/m0/s1. The second-order valence-corrected chi connectivity index (χ2v) is 7.59. The highest BCUT2D eigenvalue weighted by Gasteiger charge is 2.46. The molecule has 1 aliphatic rings. The van der Waals surface area contributed by atoms with Crippen LogP contribution in [0.1, 0.15) is 46.2 Å². The van der Waals surface area contributed by atoms with Crippen molar-refractivity contribution in [3.05, 3.63) is 34.3 Å². The molecule has 21 heavy (non-hydrogen) atoms. The number of benzene rings is 1. The van der Waals surface area contributed by atoms with Gasteiger partial charge >= 0.3 is 6.09 Å². The molecule has 0 bridgehead atoms. The first-order chi connectivity index (χ1) is 9.60. The fourth-order valence-electron chi connectivity index (χ4n) is 2.39. The number of rotatable bonds is 1. The van der Waals surface area contributed by atoms with Crippen molar-refractivity contribution in [1.82, 2.24) is 4.90 Å². The normalized spacial score (nSPS) is 21.4. The molecule has 1 aromatic carbocycles. The fourth-order valence-corrected chi connectivity index (χ4v) is 2.65. The van der Waals surface area contributed by atoms with E-state index in [1.54, 1.807) is 4.90 Å². The van der Waals surface area contributed by atoms with Gasteiger partial charge < -0.3 is 9.47 Å². The van der Waals surface area contributed by atoms with Crippen LogP contribution in [0.5, 0.6) is 0 Å². The maximum Gasteiger partial charge on any atom is 0.413 e. The first-order valence-corrected chi connectivity index (χ1v) is 7.81. The van der Waals surface area contributed by atoms with Gasteiger partial charge in [-0.25, -0.2) is 4.79 Å². The van der Waals surface area contributed by atoms with Gasteiger partial charge in [0.2, 0.25) is 0 Å². The number of carbonyl (C=O) groups is 1. The summed E-state index contributed by atoms with van der Waals surface area (Å²) in [7, 11) is 0. The summed E-state index contributed by atoms with van der Waals surface area (Å²) in [6.45, 7) is 9.83. The first-order valence-electron chi connectivity index (χ1n) is 7.02. The minimum atomic E-state index is -0.680. The van der Waals surface area contributed by atoms with Crippen LogP contribution < -0.4 is 0 Å². The second kappa shape index (κ2) is 5.61. The summed E-state index contributed by atoms with van der Waals surface area (Å²) in [4.78, 5) is 14.2. The van der Waals surface area contributed by atoms with Crippen molar-refractivity contribution in [3.63, 3.8) is 0 Å². The molecule has 0 aliphatic carbocycles. The number of carbonyl (C=O) groups excluding carboxylic acids is 1. The van der Waals surface area contributed by atoms with Crippen molar-refractivity contribution in [2.45, 2.75) is 52.0 Å². The van der Waals surface area contributed by atoms with Crippen molar-refractivity contribution >= 4 is 22.0 Å². The highest BCUT2D eigenvalue weighted by Crippen LogP contribution is 2.38. The molecule has 1 aromatic rings. The summed E-state index contributed by atoms with van der Waals surface area (Å²) in [5, 5.41) is 0. The van der Waals surface area contributed by atoms with Gasteiger partial charge in [0.15, 0.2) is 0 Å². The summed E-state index contributed by atoms with van der Waals surface area (Å²) in [6, 6.07) is 7.79. The van der Waals surface area contributed by atoms with Gasteiger partial charge in [-0.3, -0.25) is 4.90 Å². The van der Waals surface area contributed by atoms with Crippen molar-refractivity contribution in [1.29, 1.82) is 0 Å². The summed E-state index contributed by atoms with van der Waals surface area (Å²) in [6.07, 6.45) is -0.349. The van der Waals surface area contributed by atoms with Crippen LogP contribution in [0, 0.1) is 0 Å². The molecule has 1 atom stereocenters. The molecule has 116 valence electrons. The Kier molecular flexibility index (Phi) is 4.36. The van der Waals surface area contributed by atoms with Gasteiger partial charge in [0.1, 0.15) is 11.3 Å². The summed E-state index contributed by atoms with van der Waals surface area (Å²) in [5.41, 5.74) is -0.172. The molecular weight excluding hydrogens is 334 g/mol. The number of hydrogen-bond donors (Lipinski definition) is 0. The van der Waals surface area contributed by atoms with Crippen molar-refractivity contribution in [2.75, 3.05) is 6.61 Å². The molecule has 1 heterocycles. The van der Waals surface area contributed by atoms with Crippen LogP contribution in [0.2, 0.25) is 0 Å². The van der Waals surface area contributed by atoms with Crippen LogP contribution in [0.25, 0.3) is 0 Å². The molecule has 0 unspecified atom stereocenters. The quantitative estimate of drug-likeness (QED) is 0.744. The van der Waals surface area contributed by atoms with Gasteiger partial charge in [0.25, 0.3) is 0 Å². The Bertz CT molecular complexity index is 519. The smallest absolute Gasteiger partial charge is 0.413 e. The molecule has 1 aliphatic heterocycles. The lowest BCUT2D eigenvalue weighted by molar-refractivity contribution is -0.0626. The molecular formula is C16H22BrNO3. The lowest BCUT2D eigenvalue weighted by Gasteiger charge is -2.35. The van der Waals surface area contributed by atoms with E-state index in [1.165, 1.54) is 0 Å². The highest BCUT2D eigenvalue weighted by atomic mass is 79.9. The van der Waals surface area contributed by atoms with Crippen LogP contribution in [-0.2, 0) is 9.47 Å². The number of nitrogens with zero attached hydrogens (tertiary/aromatic N) is 1. The molecule has 0 spiro atoms. The van der Waals surface area contributed by atoms with E-state index in [0.717, 1.165) is 10.0 Å². The first kappa shape index (κ1) is 16.3. The average molecular weight is 356 g/mol. The van der Waals surface area contributed by atoms with E-state index in [-0.39, 0.29) is 12.1 Å². The zero-order valence-electron chi connectivity index (χ0n) is 13.1. The van der Waals surface area contributed by atoms with Crippen molar-refractivity contribution in [3.8, 4) is 0 Å². The second-order valence-electron chi connectivity index (χ2n) is 6.68. The van der Waals surface area contributed by atoms with Crippen LogP contribution in [-0.4, -0.2) is 28.9 Å². The van der Waals surface area contributed by atoms with Gasteiger partial charge in [-0.1, -0.05) is 28.1 Å². The SMILES string of the molecule is CC(C)(C)OC(=O)N1[C@H](c2ccc(Br)cc2)COC1(C)C.